The highest BCUT2D eigenvalue weighted by Crippen LogP contribution is 2.17. The number of carbonyl (C=O) groups is 2. The maximum absolute atomic E-state index is 12.3. The van der Waals surface area contributed by atoms with E-state index in [0.717, 1.165) is 37.6 Å². The first-order valence-electron chi connectivity index (χ1n) is 9.47. The highest BCUT2D eigenvalue weighted by atomic mass is 35.5. The first kappa shape index (κ1) is 21.0. The Labute approximate surface area is 175 Å². The van der Waals surface area contributed by atoms with E-state index in [4.69, 9.17) is 16.3 Å². The fraction of sp³-hybridized carbons (Fsp3) is 0.333. The Bertz CT molecular complexity index is 821. The number of urea groups is 1. The molecule has 0 radical (unpaired) electrons. The lowest BCUT2D eigenvalue weighted by molar-refractivity contribution is -0.115. The predicted molar refractivity (Wildman–Crippen MR) is 114 cm³/mol. The maximum atomic E-state index is 12.3. The molecule has 0 unspecified atom stereocenters. The molecular weight excluding hydrogens is 392 g/mol. The van der Waals surface area contributed by atoms with Gasteiger partial charge in [-0.2, -0.15) is 0 Å². The summed E-state index contributed by atoms with van der Waals surface area (Å²) in [5.74, 6) is -0.302. The van der Waals surface area contributed by atoms with E-state index in [1.807, 2.05) is 12.1 Å². The van der Waals surface area contributed by atoms with Crippen LogP contribution in [0, 0.1) is 0 Å². The summed E-state index contributed by atoms with van der Waals surface area (Å²) in [6.07, 6.45) is 0. The van der Waals surface area contributed by atoms with Crippen LogP contribution in [0.25, 0.3) is 0 Å². The van der Waals surface area contributed by atoms with Gasteiger partial charge in [0.25, 0.3) is 0 Å². The lowest BCUT2D eigenvalue weighted by Gasteiger charge is -2.29. The van der Waals surface area contributed by atoms with Crippen LogP contribution in [0.2, 0.25) is 5.02 Å². The molecular formula is C21H25ClN4O3. The molecule has 2 N–H and O–H groups in total. The minimum Gasteiger partial charge on any atom is -0.378 e. The van der Waals surface area contributed by atoms with Gasteiger partial charge in [-0.1, -0.05) is 23.7 Å². The Balaban J connectivity index is 1.43. The fourth-order valence-electron chi connectivity index (χ4n) is 3.01. The van der Waals surface area contributed by atoms with Gasteiger partial charge in [-0.3, -0.25) is 4.79 Å². The zero-order valence-corrected chi connectivity index (χ0v) is 17.1. The van der Waals surface area contributed by atoms with Crippen molar-refractivity contribution in [2.75, 3.05) is 50.1 Å². The van der Waals surface area contributed by atoms with Gasteiger partial charge in [-0.05, 0) is 42.0 Å². The van der Waals surface area contributed by atoms with E-state index in [9.17, 15) is 9.59 Å². The van der Waals surface area contributed by atoms with Crippen LogP contribution in [0.1, 0.15) is 5.56 Å². The Hall–Kier alpha value is -2.77. The van der Waals surface area contributed by atoms with E-state index in [1.165, 1.54) is 0 Å². The second-order valence-corrected chi connectivity index (χ2v) is 7.27. The molecule has 8 heteroatoms. The second-order valence-electron chi connectivity index (χ2n) is 6.84. The van der Waals surface area contributed by atoms with Gasteiger partial charge in [0.2, 0.25) is 5.91 Å². The molecule has 3 rings (SSSR count). The monoisotopic (exact) mass is 416 g/mol. The van der Waals surface area contributed by atoms with Crippen LogP contribution in [0.3, 0.4) is 0 Å². The molecule has 29 heavy (non-hydrogen) atoms. The molecule has 1 aliphatic heterocycles. The average Bonchev–Trinajstić information content (AvgIpc) is 2.75. The summed E-state index contributed by atoms with van der Waals surface area (Å²) in [6.45, 7) is 3.61. The number of anilines is 2. The van der Waals surface area contributed by atoms with Crippen molar-refractivity contribution in [1.29, 1.82) is 0 Å². The van der Waals surface area contributed by atoms with E-state index in [1.54, 1.807) is 36.2 Å². The Kier molecular flexibility index (Phi) is 7.32. The SMILES string of the molecule is CN(Cc1ccc(N2CCOCC2)cc1)C(=O)NCC(=O)Nc1ccc(Cl)cc1. The second kappa shape index (κ2) is 10.1. The number of nitrogens with one attached hydrogen (secondary N) is 2. The third-order valence-corrected chi connectivity index (χ3v) is 4.86. The summed E-state index contributed by atoms with van der Waals surface area (Å²) in [5, 5.41) is 5.92. The van der Waals surface area contributed by atoms with Crippen LogP contribution >= 0.6 is 11.6 Å². The minimum atomic E-state index is -0.312. The predicted octanol–water partition coefficient (Wildman–Crippen LogP) is 2.96. The summed E-state index contributed by atoms with van der Waals surface area (Å²) < 4.78 is 5.38. The molecule has 0 bridgehead atoms. The number of nitrogens with zero attached hydrogens (tertiary/aromatic N) is 2. The number of carbonyl (C=O) groups excluding carboxylic acids is 2. The lowest BCUT2D eigenvalue weighted by Crippen LogP contribution is -2.40. The highest BCUT2D eigenvalue weighted by Gasteiger charge is 2.13. The van der Waals surface area contributed by atoms with E-state index >= 15 is 0 Å². The van der Waals surface area contributed by atoms with Crippen LogP contribution in [0.4, 0.5) is 16.2 Å². The van der Waals surface area contributed by atoms with Crippen LogP contribution in [0.5, 0.6) is 0 Å². The van der Waals surface area contributed by atoms with Gasteiger partial charge >= 0.3 is 6.03 Å². The van der Waals surface area contributed by atoms with E-state index in [0.29, 0.717) is 17.3 Å². The molecule has 1 aliphatic rings. The molecule has 0 aromatic heterocycles. The van der Waals surface area contributed by atoms with Gasteiger partial charge in [0.1, 0.15) is 0 Å². The summed E-state index contributed by atoms with van der Waals surface area (Å²) in [6, 6.07) is 14.6. The van der Waals surface area contributed by atoms with Gasteiger partial charge in [0, 0.05) is 43.1 Å². The zero-order chi connectivity index (χ0) is 20.6. The van der Waals surface area contributed by atoms with Crippen LogP contribution in [-0.4, -0.2) is 56.7 Å². The third kappa shape index (κ3) is 6.37. The average molecular weight is 417 g/mol. The van der Waals surface area contributed by atoms with Gasteiger partial charge in [0.05, 0.1) is 19.8 Å². The van der Waals surface area contributed by atoms with E-state index in [-0.39, 0.29) is 18.5 Å². The molecule has 2 aromatic carbocycles. The van der Waals surface area contributed by atoms with Gasteiger partial charge in [-0.15, -0.1) is 0 Å². The smallest absolute Gasteiger partial charge is 0.317 e. The van der Waals surface area contributed by atoms with Crippen molar-refractivity contribution in [1.82, 2.24) is 10.2 Å². The lowest BCUT2D eigenvalue weighted by atomic mass is 10.2. The molecule has 154 valence electrons. The van der Waals surface area contributed by atoms with Crippen molar-refractivity contribution in [2.45, 2.75) is 6.54 Å². The molecule has 0 atom stereocenters. The highest BCUT2D eigenvalue weighted by molar-refractivity contribution is 6.30. The number of hydrogen-bond donors (Lipinski definition) is 2. The number of halogens is 1. The van der Waals surface area contributed by atoms with Crippen molar-refractivity contribution in [2.24, 2.45) is 0 Å². The van der Waals surface area contributed by atoms with Crippen LogP contribution in [-0.2, 0) is 16.1 Å². The topological polar surface area (TPSA) is 73.9 Å². The number of hydrogen-bond acceptors (Lipinski definition) is 4. The standard InChI is InChI=1S/C21H25ClN4O3/c1-25(15-16-2-8-19(9-3-16)26-10-12-29-13-11-26)21(28)23-14-20(27)24-18-6-4-17(22)5-7-18/h2-9H,10-15H2,1H3,(H,23,28)(H,24,27). The largest absolute Gasteiger partial charge is 0.378 e. The van der Waals surface area contributed by atoms with Crippen molar-refractivity contribution in [3.63, 3.8) is 0 Å². The molecule has 0 aliphatic carbocycles. The molecule has 0 saturated carbocycles. The molecule has 0 spiro atoms. The molecule has 1 saturated heterocycles. The Morgan fingerprint density at radius 2 is 1.72 bits per heavy atom. The van der Waals surface area contributed by atoms with Gasteiger partial charge in [-0.25, -0.2) is 4.79 Å². The van der Waals surface area contributed by atoms with Crippen molar-refractivity contribution < 1.29 is 14.3 Å². The molecule has 1 heterocycles. The molecule has 1 fully saturated rings. The first-order valence-corrected chi connectivity index (χ1v) is 9.85. The number of ether oxygens (including phenoxy) is 1. The van der Waals surface area contributed by atoms with Crippen molar-refractivity contribution >= 4 is 34.9 Å². The third-order valence-electron chi connectivity index (χ3n) is 4.61. The number of benzene rings is 2. The van der Waals surface area contributed by atoms with Gasteiger partial charge < -0.3 is 25.2 Å². The first-order chi connectivity index (χ1) is 14.0. The van der Waals surface area contributed by atoms with Crippen molar-refractivity contribution in [3.8, 4) is 0 Å². The number of amides is 3. The molecule has 7 nitrogen and oxygen atoms in total. The molecule has 3 amide bonds. The summed E-state index contributed by atoms with van der Waals surface area (Å²) in [5.41, 5.74) is 2.80. The summed E-state index contributed by atoms with van der Waals surface area (Å²) in [7, 11) is 1.70. The van der Waals surface area contributed by atoms with Crippen molar-refractivity contribution in [3.05, 3.63) is 59.1 Å². The normalized spacial score (nSPS) is 13.7. The molecule has 2 aromatic rings. The summed E-state index contributed by atoms with van der Waals surface area (Å²) >= 11 is 5.82. The minimum absolute atomic E-state index is 0.109. The quantitative estimate of drug-likeness (QED) is 0.759. The summed E-state index contributed by atoms with van der Waals surface area (Å²) in [4.78, 5) is 28.1. The maximum Gasteiger partial charge on any atom is 0.317 e. The number of morpholine rings is 1. The van der Waals surface area contributed by atoms with Crippen LogP contribution < -0.4 is 15.5 Å². The Morgan fingerprint density at radius 3 is 2.38 bits per heavy atom. The zero-order valence-electron chi connectivity index (χ0n) is 16.4. The van der Waals surface area contributed by atoms with E-state index < -0.39 is 0 Å². The Morgan fingerprint density at radius 1 is 1.07 bits per heavy atom. The van der Waals surface area contributed by atoms with Crippen LogP contribution in [0.15, 0.2) is 48.5 Å². The van der Waals surface area contributed by atoms with Gasteiger partial charge in [0.15, 0.2) is 0 Å². The van der Waals surface area contributed by atoms with E-state index in [2.05, 4.69) is 27.7 Å². The fourth-order valence-corrected chi connectivity index (χ4v) is 3.13. The number of rotatable bonds is 6.